The van der Waals surface area contributed by atoms with Gasteiger partial charge in [0, 0.05) is 18.2 Å². The van der Waals surface area contributed by atoms with E-state index in [1.54, 1.807) is 6.92 Å². The van der Waals surface area contributed by atoms with Crippen LogP contribution >= 0.6 is 0 Å². The van der Waals surface area contributed by atoms with Crippen LogP contribution in [-0.2, 0) is 11.2 Å². The minimum atomic E-state index is -0.588. The fraction of sp³-hybridized carbons (Fsp3) is 0.533. The van der Waals surface area contributed by atoms with Gasteiger partial charge in [-0.1, -0.05) is 19.4 Å². The fourth-order valence-corrected chi connectivity index (χ4v) is 2.15. The molecule has 20 heavy (non-hydrogen) atoms. The molecule has 5 heteroatoms. The Labute approximate surface area is 118 Å². The second-order valence-corrected chi connectivity index (χ2v) is 5.04. The Morgan fingerprint density at radius 3 is 2.45 bits per heavy atom. The normalized spacial score (nSPS) is 13.8. The van der Waals surface area contributed by atoms with E-state index in [1.807, 2.05) is 6.92 Å². The molecule has 1 aromatic rings. The minimum absolute atomic E-state index is 0.0000833. The molecule has 0 aliphatic rings. The lowest BCUT2D eigenvalue weighted by atomic mass is 10.0. The number of nitrogens with one attached hydrogen (secondary N) is 1. The van der Waals surface area contributed by atoms with E-state index in [-0.39, 0.29) is 36.4 Å². The molecule has 0 aromatic heterocycles. The zero-order chi connectivity index (χ0) is 15.1. The van der Waals surface area contributed by atoms with Gasteiger partial charge in [0.2, 0.25) is 5.91 Å². The second kappa shape index (κ2) is 7.94. The lowest BCUT2D eigenvalue weighted by molar-refractivity contribution is -0.125. The summed E-state index contributed by atoms with van der Waals surface area (Å²) in [6.07, 6.45) is 1.70. The molecule has 3 N–H and O–H groups in total. The molecular formula is C15H22F2N2O. The number of carbonyl (C=O) groups is 1. The molecule has 0 bridgehead atoms. The third-order valence-electron chi connectivity index (χ3n) is 3.25. The lowest BCUT2D eigenvalue weighted by Gasteiger charge is -2.19. The summed E-state index contributed by atoms with van der Waals surface area (Å²) in [5.74, 6) is -1.57. The Bertz CT molecular complexity index is 431. The maximum atomic E-state index is 13.5. The van der Waals surface area contributed by atoms with Crippen LogP contribution in [-0.4, -0.2) is 18.5 Å². The van der Waals surface area contributed by atoms with Crippen LogP contribution in [0.4, 0.5) is 8.78 Å². The monoisotopic (exact) mass is 284 g/mol. The van der Waals surface area contributed by atoms with Crippen molar-refractivity contribution >= 4 is 5.91 Å². The number of hydrogen-bond donors (Lipinski definition) is 2. The third kappa shape index (κ3) is 4.56. The highest BCUT2D eigenvalue weighted by Crippen LogP contribution is 2.14. The van der Waals surface area contributed by atoms with Crippen LogP contribution < -0.4 is 11.1 Å². The molecule has 3 nitrogen and oxygen atoms in total. The first kappa shape index (κ1) is 16.6. The zero-order valence-corrected chi connectivity index (χ0v) is 12.0. The number of carbonyl (C=O) groups excluding carboxylic acids is 1. The van der Waals surface area contributed by atoms with Gasteiger partial charge in [0.25, 0.3) is 0 Å². The molecular weight excluding hydrogens is 262 g/mol. The van der Waals surface area contributed by atoms with Gasteiger partial charge in [-0.3, -0.25) is 4.79 Å². The lowest BCUT2D eigenvalue weighted by Crippen LogP contribution is -2.41. The maximum Gasteiger partial charge on any atom is 0.224 e. The predicted octanol–water partition coefficient (Wildman–Crippen LogP) is 2.39. The largest absolute Gasteiger partial charge is 0.353 e. The van der Waals surface area contributed by atoms with Crippen molar-refractivity contribution in [3.63, 3.8) is 0 Å². The fourth-order valence-electron chi connectivity index (χ4n) is 2.15. The second-order valence-electron chi connectivity index (χ2n) is 5.04. The van der Waals surface area contributed by atoms with E-state index in [1.165, 1.54) is 18.2 Å². The molecule has 0 saturated heterocycles. The van der Waals surface area contributed by atoms with Gasteiger partial charge in [-0.15, -0.1) is 0 Å². The van der Waals surface area contributed by atoms with E-state index in [0.29, 0.717) is 6.42 Å². The van der Waals surface area contributed by atoms with Gasteiger partial charge in [-0.2, -0.15) is 0 Å². The van der Waals surface area contributed by atoms with Gasteiger partial charge in [-0.05, 0) is 31.9 Å². The number of rotatable bonds is 7. The summed E-state index contributed by atoms with van der Waals surface area (Å²) >= 11 is 0. The topological polar surface area (TPSA) is 55.1 Å². The van der Waals surface area contributed by atoms with Crippen LogP contribution in [0.1, 0.15) is 32.3 Å². The average molecular weight is 284 g/mol. The average Bonchev–Trinajstić information content (AvgIpc) is 2.40. The van der Waals surface area contributed by atoms with Crippen LogP contribution in [0.3, 0.4) is 0 Å². The van der Waals surface area contributed by atoms with Gasteiger partial charge >= 0.3 is 0 Å². The maximum absolute atomic E-state index is 13.5. The Morgan fingerprint density at radius 2 is 1.95 bits per heavy atom. The van der Waals surface area contributed by atoms with Gasteiger partial charge in [0.15, 0.2) is 0 Å². The first-order chi connectivity index (χ1) is 9.49. The highest BCUT2D eigenvalue weighted by molar-refractivity contribution is 5.79. The standard InChI is InChI=1S/C15H22F2N2O/c1-3-5-11(9-18)15(20)19-10(2)8-12-13(16)6-4-7-14(12)17/h4,6-7,10-11H,3,5,8-9,18H2,1-2H3,(H,19,20). The van der Waals surface area contributed by atoms with Crippen LogP contribution in [0, 0.1) is 17.6 Å². The van der Waals surface area contributed by atoms with Crippen molar-refractivity contribution in [2.45, 2.75) is 39.2 Å². The summed E-state index contributed by atoms with van der Waals surface area (Å²) in [6, 6.07) is 3.41. The molecule has 0 aliphatic heterocycles. The van der Waals surface area contributed by atoms with Crippen molar-refractivity contribution < 1.29 is 13.6 Å². The van der Waals surface area contributed by atoms with Crippen LogP contribution in [0.25, 0.3) is 0 Å². The highest BCUT2D eigenvalue weighted by Gasteiger charge is 2.19. The number of halogens is 2. The van der Waals surface area contributed by atoms with Crippen LogP contribution in [0.15, 0.2) is 18.2 Å². The highest BCUT2D eigenvalue weighted by atomic mass is 19.1. The number of nitrogens with two attached hydrogens (primary N) is 1. The SMILES string of the molecule is CCCC(CN)C(=O)NC(C)Cc1c(F)cccc1F. The molecule has 0 fully saturated rings. The van der Waals surface area contributed by atoms with Crippen molar-refractivity contribution in [2.75, 3.05) is 6.54 Å². The van der Waals surface area contributed by atoms with E-state index in [9.17, 15) is 13.6 Å². The summed E-state index contributed by atoms with van der Waals surface area (Å²) in [5, 5.41) is 2.77. The summed E-state index contributed by atoms with van der Waals surface area (Å²) in [7, 11) is 0. The number of amides is 1. The molecule has 1 aromatic carbocycles. The summed E-state index contributed by atoms with van der Waals surface area (Å²) < 4.78 is 27.0. The van der Waals surface area contributed by atoms with E-state index >= 15 is 0 Å². The molecule has 0 spiro atoms. The van der Waals surface area contributed by atoms with Crippen molar-refractivity contribution in [1.29, 1.82) is 0 Å². The Kier molecular flexibility index (Phi) is 6.58. The van der Waals surface area contributed by atoms with Gasteiger partial charge in [0.1, 0.15) is 11.6 Å². The van der Waals surface area contributed by atoms with E-state index in [2.05, 4.69) is 5.32 Å². The van der Waals surface area contributed by atoms with E-state index in [0.717, 1.165) is 6.42 Å². The molecule has 0 radical (unpaired) electrons. The molecule has 0 aliphatic carbocycles. The minimum Gasteiger partial charge on any atom is -0.353 e. The summed E-state index contributed by atoms with van der Waals surface area (Å²) in [4.78, 5) is 12.0. The third-order valence-corrected chi connectivity index (χ3v) is 3.25. The Hall–Kier alpha value is -1.49. The van der Waals surface area contributed by atoms with Gasteiger partial charge in [0.05, 0.1) is 5.92 Å². The van der Waals surface area contributed by atoms with Crippen molar-refractivity contribution in [3.8, 4) is 0 Å². The molecule has 1 amide bonds. The molecule has 0 heterocycles. The van der Waals surface area contributed by atoms with E-state index < -0.39 is 11.6 Å². The quantitative estimate of drug-likeness (QED) is 0.807. The number of benzene rings is 1. The van der Waals surface area contributed by atoms with Gasteiger partial charge in [-0.25, -0.2) is 8.78 Å². The van der Waals surface area contributed by atoms with E-state index in [4.69, 9.17) is 5.73 Å². The Morgan fingerprint density at radius 1 is 1.35 bits per heavy atom. The first-order valence-corrected chi connectivity index (χ1v) is 6.92. The smallest absolute Gasteiger partial charge is 0.224 e. The van der Waals surface area contributed by atoms with Crippen molar-refractivity contribution in [3.05, 3.63) is 35.4 Å². The molecule has 112 valence electrons. The van der Waals surface area contributed by atoms with Gasteiger partial charge < -0.3 is 11.1 Å². The molecule has 2 unspecified atom stereocenters. The zero-order valence-electron chi connectivity index (χ0n) is 12.0. The first-order valence-electron chi connectivity index (χ1n) is 6.92. The molecule has 2 atom stereocenters. The molecule has 1 rings (SSSR count). The van der Waals surface area contributed by atoms with Crippen molar-refractivity contribution in [2.24, 2.45) is 11.7 Å². The summed E-state index contributed by atoms with van der Waals surface area (Å²) in [5.41, 5.74) is 5.56. The summed E-state index contributed by atoms with van der Waals surface area (Å²) in [6.45, 7) is 3.98. The van der Waals surface area contributed by atoms with Crippen LogP contribution in [0.2, 0.25) is 0 Å². The molecule has 0 saturated carbocycles. The number of hydrogen-bond acceptors (Lipinski definition) is 2. The van der Waals surface area contributed by atoms with Crippen molar-refractivity contribution in [1.82, 2.24) is 5.32 Å². The van der Waals surface area contributed by atoms with Crippen LogP contribution in [0.5, 0.6) is 0 Å². The Balaban J connectivity index is 2.63. The predicted molar refractivity (Wildman–Crippen MR) is 75.1 cm³/mol.